The van der Waals surface area contributed by atoms with Gasteiger partial charge in [-0.05, 0) is 63.3 Å². The molecule has 4 rings (SSSR count). The number of carbonyl (C=O) groups is 3. The van der Waals surface area contributed by atoms with Crippen molar-refractivity contribution in [2.75, 3.05) is 25.6 Å². The summed E-state index contributed by atoms with van der Waals surface area (Å²) in [7, 11) is 1.56. The SMILES string of the molecule is CCOC(=O)[C@@H]1[C@H]2C(=O)N([C@@H](CO)CC(C)C)C(C(=O)Nc3ccc(OC)cc3)C23CC[C@@]1(C)O3. The molecule has 35 heavy (non-hydrogen) atoms. The number of benzene rings is 1. The molecular weight excluding hydrogens is 452 g/mol. The van der Waals surface area contributed by atoms with Crippen molar-refractivity contribution in [1.29, 1.82) is 0 Å². The van der Waals surface area contributed by atoms with Crippen LogP contribution in [-0.4, -0.2) is 71.4 Å². The first kappa shape index (κ1) is 25.4. The number of likely N-dealkylation sites (tertiary alicyclic amines) is 1. The molecule has 192 valence electrons. The number of fused-ring (bicyclic) bond motifs is 1. The average Bonchev–Trinajstić information content (AvgIpc) is 3.38. The highest BCUT2D eigenvalue weighted by atomic mass is 16.6. The van der Waals surface area contributed by atoms with E-state index >= 15 is 0 Å². The molecule has 0 aliphatic carbocycles. The Morgan fingerprint density at radius 3 is 2.51 bits per heavy atom. The minimum atomic E-state index is -1.16. The highest BCUT2D eigenvalue weighted by Crippen LogP contribution is 2.63. The first-order valence-corrected chi connectivity index (χ1v) is 12.4. The van der Waals surface area contributed by atoms with E-state index in [0.29, 0.717) is 30.7 Å². The van der Waals surface area contributed by atoms with Crippen LogP contribution in [0.25, 0.3) is 0 Å². The number of anilines is 1. The van der Waals surface area contributed by atoms with Crippen LogP contribution in [0.15, 0.2) is 24.3 Å². The van der Waals surface area contributed by atoms with E-state index in [2.05, 4.69) is 5.32 Å². The Hall–Kier alpha value is -2.65. The zero-order chi connectivity index (χ0) is 25.5. The van der Waals surface area contributed by atoms with Crippen LogP contribution in [-0.2, 0) is 23.9 Å². The first-order valence-electron chi connectivity index (χ1n) is 12.4. The summed E-state index contributed by atoms with van der Waals surface area (Å²) in [6.45, 7) is 7.45. The third-order valence-corrected chi connectivity index (χ3v) is 7.71. The van der Waals surface area contributed by atoms with E-state index in [1.54, 1.807) is 38.3 Å². The number of hydrogen-bond donors (Lipinski definition) is 2. The van der Waals surface area contributed by atoms with Crippen molar-refractivity contribution in [2.45, 2.75) is 70.2 Å². The molecule has 0 radical (unpaired) electrons. The number of rotatable bonds is 9. The fourth-order valence-corrected chi connectivity index (χ4v) is 6.35. The van der Waals surface area contributed by atoms with Crippen LogP contribution in [0, 0.1) is 17.8 Å². The molecule has 3 aliphatic heterocycles. The van der Waals surface area contributed by atoms with E-state index in [0.717, 1.165) is 0 Å². The van der Waals surface area contributed by atoms with Crippen LogP contribution in [0.5, 0.6) is 5.75 Å². The lowest BCUT2D eigenvalue weighted by molar-refractivity contribution is -0.160. The predicted octanol–water partition coefficient (Wildman–Crippen LogP) is 2.37. The van der Waals surface area contributed by atoms with Gasteiger partial charge in [-0.3, -0.25) is 14.4 Å². The number of nitrogens with zero attached hydrogens (tertiary/aromatic N) is 1. The maximum Gasteiger partial charge on any atom is 0.312 e. The van der Waals surface area contributed by atoms with Crippen LogP contribution >= 0.6 is 0 Å². The minimum absolute atomic E-state index is 0.179. The summed E-state index contributed by atoms with van der Waals surface area (Å²) < 4.78 is 17.1. The van der Waals surface area contributed by atoms with Gasteiger partial charge in [0, 0.05) is 5.69 Å². The average molecular weight is 489 g/mol. The Labute approximate surface area is 206 Å². The molecule has 1 spiro atoms. The van der Waals surface area contributed by atoms with Gasteiger partial charge in [-0.1, -0.05) is 13.8 Å². The fourth-order valence-electron chi connectivity index (χ4n) is 6.35. The normalized spacial score (nSPS) is 32.0. The molecule has 9 nitrogen and oxygen atoms in total. The molecule has 3 heterocycles. The second-order valence-electron chi connectivity index (χ2n) is 10.4. The number of nitrogens with one attached hydrogen (secondary N) is 1. The summed E-state index contributed by atoms with van der Waals surface area (Å²) in [5, 5.41) is 13.2. The molecule has 0 saturated carbocycles. The summed E-state index contributed by atoms with van der Waals surface area (Å²) in [4.78, 5) is 42.4. The quantitative estimate of drug-likeness (QED) is 0.513. The number of carbonyl (C=O) groups excluding carboxylic acids is 3. The monoisotopic (exact) mass is 488 g/mol. The molecule has 1 aromatic carbocycles. The Bertz CT molecular complexity index is 980. The van der Waals surface area contributed by atoms with Gasteiger partial charge in [-0.2, -0.15) is 0 Å². The Morgan fingerprint density at radius 1 is 1.26 bits per heavy atom. The van der Waals surface area contributed by atoms with E-state index in [9.17, 15) is 19.5 Å². The van der Waals surface area contributed by atoms with Gasteiger partial charge in [0.15, 0.2) is 0 Å². The smallest absolute Gasteiger partial charge is 0.312 e. The molecule has 3 aliphatic rings. The molecular formula is C26H36N2O7. The zero-order valence-electron chi connectivity index (χ0n) is 21.1. The van der Waals surface area contributed by atoms with Gasteiger partial charge in [0.1, 0.15) is 23.3 Å². The standard InChI is InChI=1S/C26H36N2O7/c1-6-34-24(32)20-19-23(31)28(17(14-29)13-15(2)3)21(26(19)12-11-25(20,4)35-26)22(30)27-16-7-9-18(33-5)10-8-16/h7-10,15,17,19-21,29H,6,11-14H2,1-5H3,(H,27,30)/t17-,19+,20+,21?,25-,26?/m1/s1. The number of hydrogen-bond acceptors (Lipinski definition) is 7. The molecule has 9 heteroatoms. The van der Waals surface area contributed by atoms with Gasteiger partial charge >= 0.3 is 5.97 Å². The lowest BCUT2D eigenvalue weighted by atomic mass is 9.66. The summed E-state index contributed by atoms with van der Waals surface area (Å²) >= 11 is 0. The van der Waals surface area contributed by atoms with Crippen LogP contribution in [0.3, 0.4) is 0 Å². The molecule has 2 N–H and O–H groups in total. The third kappa shape index (κ3) is 4.08. The highest BCUT2D eigenvalue weighted by molar-refractivity contribution is 6.03. The van der Waals surface area contributed by atoms with Gasteiger partial charge in [-0.25, -0.2) is 0 Å². The first-order chi connectivity index (χ1) is 16.6. The summed E-state index contributed by atoms with van der Waals surface area (Å²) in [6, 6.07) is 5.35. The van der Waals surface area contributed by atoms with E-state index in [4.69, 9.17) is 14.2 Å². The number of aliphatic hydroxyl groups excluding tert-OH is 1. The van der Waals surface area contributed by atoms with Crippen LogP contribution in [0.1, 0.15) is 47.0 Å². The molecule has 3 fully saturated rings. The van der Waals surface area contributed by atoms with Crippen LogP contribution in [0.4, 0.5) is 5.69 Å². The predicted molar refractivity (Wildman–Crippen MR) is 128 cm³/mol. The Morgan fingerprint density at radius 2 is 1.94 bits per heavy atom. The number of amides is 2. The fraction of sp³-hybridized carbons (Fsp3) is 0.654. The van der Waals surface area contributed by atoms with Crippen LogP contribution in [0.2, 0.25) is 0 Å². The second-order valence-corrected chi connectivity index (χ2v) is 10.4. The number of ether oxygens (including phenoxy) is 3. The van der Waals surface area contributed by atoms with Crippen molar-refractivity contribution >= 4 is 23.5 Å². The number of aliphatic hydroxyl groups is 1. The van der Waals surface area contributed by atoms with Crippen molar-refractivity contribution in [3.8, 4) is 5.75 Å². The molecule has 6 atom stereocenters. The summed E-state index contributed by atoms with van der Waals surface area (Å²) in [5.74, 6) is -2.02. The van der Waals surface area contributed by atoms with Crippen LogP contribution < -0.4 is 10.1 Å². The number of esters is 1. The van der Waals surface area contributed by atoms with E-state index < -0.39 is 47.0 Å². The Balaban J connectivity index is 1.75. The topological polar surface area (TPSA) is 114 Å². The van der Waals surface area contributed by atoms with E-state index in [1.165, 1.54) is 4.90 Å². The largest absolute Gasteiger partial charge is 0.497 e. The number of methoxy groups -OCH3 is 1. The lowest BCUT2D eigenvalue weighted by Gasteiger charge is -2.37. The molecule has 2 unspecified atom stereocenters. The summed E-state index contributed by atoms with van der Waals surface area (Å²) in [6.07, 6.45) is 1.51. The second kappa shape index (κ2) is 9.43. The maximum atomic E-state index is 14.0. The zero-order valence-corrected chi connectivity index (χ0v) is 21.1. The summed E-state index contributed by atoms with van der Waals surface area (Å²) in [5.41, 5.74) is -1.50. The van der Waals surface area contributed by atoms with E-state index in [1.807, 2.05) is 20.8 Å². The molecule has 1 aromatic rings. The van der Waals surface area contributed by atoms with Crippen molar-refractivity contribution < 1.29 is 33.7 Å². The van der Waals surface area contributed by atoms with Gasteiger partial charge < -0.3 is 29.5 Å². The molecule has 0 aromatic heterocycles. The van der Waals surface area contributed by atoms with Crippen molar-refractivity contribution in [1.82, 2.24) is 4.90 Å². The van der Waals surface area contributed by atoms with E-state index in [-0.39, 0.29) is 25.0 Å². The Kier molecular flexibility index (Phi) is 6.85. The molecule has 2 bridgehead atoms. The van der Waals surface area contributed by atoms with Crippen molar-refractivity contribution in [2.24, 2.45) is 17.8 Å². The van der Waals surface area contributed by atoms with Gasteiger partial charge in [-0.15, -0.1) is 0 Å². The lowest BCUT2D eigenvalue weighted by Crippen LogP contribution is -2.56. The molecule has 3 saturated heterocycles. The molecule has 2 amide bonds. The van der Waals surface area contributed by atoms with Gasteiger partial charge in [0.25, 0.3) is 0 Å². The van der Waals surface area contributed by atoms with Crippen molar-refractivity contribution in [3.63, 3.8) is 0 Å². The maximum absolute atomic E-state index is 14.0. The highest BCUT2D eigenvalue weighted by Gasteiger charge is 2.78. The van der Waals surface area contributed by atoms with Crippen molar-refractivity contribution in [3.05, 3.63) is 24.3 Å². The minimum Gasteiger partial charge on any atom is -0.497 e. The van der Waals surface area contributed by atoms with Gasteiger partial charge in [0.2, 0.25) is 11.8 Å². The third-order valence-electron chi connectivity index (χ3n) is 7.71. The van der Waals surface area contributed by atoms with Gasteiger partial charge in [0.05, 0.1) is 37.9 Å².